The van der Waals surface area contributed by atoms with Gasteiger partial charge in [0, 0.05) is 29.8 Å². The van der Waals surface area contributed by atoms with Gasteiger partial charge < -0.3 is 5.73 Å². The van der Waals surface area contributed by atoms with Crippen LogP contribution in [0.1, 0.15) is 24.8 Å². The van der Waals surface area contributed by atoms with Gasteiger partial charge >= 0.3 is 0 Å². The Morgan fingerprint density at radius 2 is 2.04 bits per heavy atom. The first kappa shape index (κ1) is 20.0. The number of rotatable bonds is 4. The lowest BCUT2D eigenvalue weighted by Crippen LogP contribution is -2.48. The van der Waals surface area contributed by atoms with Gasteiger partial charge in [0.2, 0.25) is 0 Å². The summed E-state index contributed by atoms with van der Waals surface area (Å²) in [5.74, 6) is -0.545. The third kappa shape index (κ3) is 3.08. The average Bonchev–Trinajstić information content (AvgIpc) is 2.73. The Bertz CT molecular complexity index is 942. The fourth-order valence-electron chi connectivity index (χ4n) is 4.45. The summed E-state index contributed by atoms with van der Waals surface area (Å²) < 4.78 is 0. The molecule has 1 aromatic carbocycles. The molecule has 142 valence electrons. The molecule has 1 heterocycles. The van der Waals surface area contributed by atoms with Crippen LogP contribution in [0.3, 0.4) is 0 Å². The van der Waals surface area contributed by atoms with Crippen LogP contribution < -0.4 is 5.73 Å². The van der Waals surface area contributed by atoms with Crippen molar-refractivity contribution in [2.24, 2.45) is 17.1 Å². The summed E-state index contributed by atoms with van der Waals surface area (Å²) in [6, 6.07) is 14.6. The van der Waals surface area contributed by atoms with E-state index < -0.39 is 11.3 Å². The Balaban J connectivity index is 2.27. The molecule has 0 saturated carbocycles. The molecule has 0 aromatic heterocycles. The highest BCUT2D eigenvalue weighted by Gasteiger charge is 2.54. The van der Waals surface area contributed by atoms with Crippen LogP contribution in [0.15, 0.2) is 52.1 Å². The van der Waals surface area contributed by atoms with E-state index in [1.807, 2.05) is 30.5 Å². The van der Waals surface area contributed by atoms with Crippen molar-refractivity contribution in [1.29, 1.82) is 15.8 Å². The summed E-state index contributed by atoms with van der Waals surface area (Å²) in [4.78, 5) is 3.39. The van der Waals surface area contributed by atoms with Crippen molar-refractivity contribution in [2.45, 2.75) is 24.2 Å². The molecule has 1 aromatic rings. The lowest BCUT2D eigenvalue weighted by atomic mass is 9.58. The van der Waals surface area contributed by atoms with Gasteiger partial charge in [-0.15, -0.1) is 11.8 Å². The maximum atomic E-state index is 10.1. The van der Waals surface area contributed by atoms with Gasteiger partial charge in [-0.1, -0.05) is 25.1 Å². The molecule has 1 aliphatic heterocycles. The largest absolute Gasteiger partial charge is 0.399 e. The number of nitrogens with zero attached hydrogens (tertiary/aromatic N) is 4. The molecule has 28 heavy (non-hydrogen) atoms. The lowest BCUT2D eigenvalue weighted by molar-refractivity contribution is 0.207. The molecule has 2 atom stereocenters. The highest BCUT2D eigenvalue weighted by atomic mass is 32.2. The molecule has 2 unspecified atom stereocenters. The average molecular weight is 390 g/mol. The molecule has 0 bridgehead atoms. The Labute approximate surface area is 170 Å². The Hall–Kier alpha value is -2.72. The van der Waals surface area contributed by atoms with Crippen LogP contribution in [0.4, 0.5) is 0 Å². The summed E-state index contributed by atoms with van der Waals surface area (Å²) in [7, 11) is 0. The van der Waals surface area contributed by atoms with Crippen molar-refractivity contribution >= 4 is 11.8 Å². The van der Waals surface area contributed by atoms with E-state index >= 15 is 0 Å². The molecule has 0 fully saturated rings. The summed E-state index contributed by atoms with van der Waals surface area (Å²) in [6.45, 7) is 4.53. The van der Waals surface area contributed by atoms with Gasteiger partial charge in [-0.2, -0.15) is 15.8 Å². The minimum atomic E-state index is -1.56. The molecule has 0 spiro atoms. The molecule has 0 amide bonds. The van der Waals surface area contributed by atoms with Crippen molar-refractivity contribution in [1.82, 2.24) is 4.90 Å². The first-order chi connectivity index (χ1) is 13.6. The second kappa shape index (κ2) is 8.11. The fraction of sp³-hybridized carbons (Fsp3) is 0.409. The summed E-state index contributed by atoms with van der Waals surface area (Å²) >= 11 is 1.62. The summed E-state index contributed by atoms with van der Waals surface area (Å²) in [5.41, 5.74) is 6.98. The number of nitrogens with two attached hydrogens (primary N) is 1. The topological polar surface area (TPSA) is 101 Å². The van der Waals surface area contributed by atoms with Crippen LogP contribution in [0.25, 0.3) is 0 Å². The van der Waals surface area contributed by atoms with E-state index in [-0.39, 0.29) is 11.6 Å². The van der Waals surface area contributed by atoms with Gasteiger partial charge in [0.15, 0.2) is 5.41 Å². The van der Waals surface area contributed by atoms with Crippen LogP contribution >= 0.6 is 11.8 Å². The first-order valence-corrected chi connectivity index (χ1v) is 10.6. The highest BCUT2D eigenvalue weighted by molar-refractivity contribution is 7.98. The van der Waals surface area contributed by atoms with Crippen molar-refractivity contribution in [3.8, 4) is 18.2 Å². The van der Waals surface area contributed by atoms with Gasteiger partial charge in [-0.3, -0.25) is 4.90 Å². The minimum Gasteiger partial charge on any atom is -0.399 e. The van der Waals surface area contributed by atoms with Crippen LogP contribution in [0.5, 0.6) is 0 Å². The van der Waals surface area contributed by atoms with Gasteiger partial charge in [-0.25, -0.2) is 0 Å². The second-order valence-corrected chi connectivity index (χ2v) is 8.09. The number of hydrogen-bond donors (Lipinski definition) is 1. The number of allylic oxidation sites excluding steroid dienone is 2. The predicted octanol–water partition coefficient (Wildman–Crippen LogP) is 3.54. The Morgan fingerprint density at radius 3 is 2.64 bits per heavy atom. The van der Waals surface area contributed by atoms with Crippen LogP contribution in [0.2, 0.25) is 0 Å². The first-order valence-electron chi connectivity index (χ1n) is 9.35. The third-order valence-corrected chi connectivity index (χ3v) is 6.46. The molecule has 2 aliphatic rings. The van der Waals surface area contributed by atoms with Crippen molar-refractivity contribution in [3.63, 3.8) is 0 Å². The zero-order valence-corrected chi connectivity index (χ0v) is 17.0. The number of thioether (sulfide) groups is 1. The second-order valence-electron chi connectivity index (χ2n) is 7.21. The van der Waals surface area contributed by atoms with E-state index in [1.54, 1.807) is 11.8 Å². The SMILES string of the molecule is CCCN1CC=C2C(C#N)=C(N)C(C#N)(C#N)C(c3cccc(SC)c3)C2C1. The quantitative estimate of drug-likeness (QED) is 0.791. The molecule has 0 radical (unpaired) electrons. The van der Waals surface area contributed by atoms with Gasteiger partial charge in [-0.05, 0) is 42.5 Å². The third-order valence-electron chi connectivity index (χ3n) is 5.73. The molecule has 5 nitrogen and oxygen atoms in total. The zero-order chi connectivity index (χ0) is 20.3. The molecular formula is C22H23N5S. The predicted molar refractivity (Wildman–Crippen MR) is 110 cm³/mol. The molecule has 3 rings (SSSR count). The minimum absolute atomic E-state index is 0.0889. The van der Waals surface area contributed by atoms with Crippen LogP contribution in [-0.2, 0) is 0 Å². The van der Waals surface area contributed by atoms with E-state index in [0.29, 0.717) is 12.1 Å². The molecule has 6 heteroatoms. The normalized spacial score (nSPS) is 23.8. The summed E-state index contributed by atoms with van der Waals surface area (Å²) in [6.07, 6.45) is 5.07. The van der Waals surface area contributed by atoms with Crippen LogP contribution in [-0.4, -0.2) is 30.8 Å². The number of hydrogen-bond acceptors (Lipinski definition) is 6. The number of fused-ring (bicyclic) bond motifs is 1. The van der Waals surface area contributed by atoms with Crippen molar-refractivity contribution < 1.29 is 0 Å². The Morgan fingerprint density at radius 1 is 1.29 bits per heavy atom. The summed E-state index contributed by atoms with van der Waals surface area (Å²) in [5, 5.41) is 30.0. The van der Waals surface area contributed by atoms with E-state index in [0.717, 1.165) is 35.5 Å². The maximum absolute atomic E-state index is 10.1. The van der Waals surface area contributed by atoms with E-state index in [2.05, 4.69) is 36.1 Å². The molecule has 2 N–H and O–H groups in total. The molecular weight excluding hydrogens is 366 g/mol. The zero-order valence-electron chi connectivity index (χ0n) is 16.1. The molecule has 0 saturated heterocycles. The van der Waals surface area contributed by atoms with Gasteiger partial charge in [0.05, 0.1) is 23.4 Å². The maximum Gasteiger partial charge on any atom is 0.191 e. The van der Waals surface area contributed by atoms with E-state index in [4.69, 9.17) is 5.73 Å². The Kier molecular flexibility index (Phi) is 5.80. The van der Waals surface area contributed by atoms with Gasteiger partial charge in [0.1, 0.15) is 6.07 Å². The number of nitriles is 3. The smallest absolute Gasteiger partial charge is 0.191 e. The van der Waals surface area contributed by atoms with E-state index in [9.17, 15) is 15.8 Å². The monoisotopic (exact) mass is 389 g/mol. The fourth-order valence-corrected chi connectivity index (χ4v) is 4.92. The van der Waals surface area contributed by atoms with Crippen LogP contribution in [0, 0.1) is 45.3 Å². The van der Waals surface area contributed by atoms with E-state index in [1.165, 1.54) is 0 Å². The van der Waals surface area contributed by atoms with Gasteiger partial charge in [0.25, 0.3) is 0 Å². The van der Waals surface area contributed by atoms with Crippen molar-refractivity contribution in [3.05, 3.63) is 52.7 Å². The highest BCUT2D eigenvalue weighted by Crippen LogP contribution is 2.54. The standard InChI is InChI=1S/C22H23N5S/c1-3-8-27-9-7-17-18(11-23)21(26)22(13-24,14-25)20(19(17)12-27)15-5-4-6-16(10-15)28-2/h4-7,10,19-20H,3,8-9,12,26H2,1-2H3. The lowest BCUT2D eigenvalue weighted by Gasteiger charge is -2.45. The van der Waals surface area contributed by atoms with Crippen molar-refractivity contribution in [2.75, 3.05) is 25.9 Å². The molecule has 1 aliphatic carbocycles. The number of benzene rings is 1.